The lowest BCUT2D eigenvalue weighted by Gasteiger charge is -2.41. The largest absolute Gasteiger partial charge is 0.461 e. The molecule has 2 aromatic heterocycles. The van der Waals surface area contributed by atoms with Crippen LogP contribution in [-0.4, -0.2) is 102 Å². The molecule has 2 N–H and O–H groups in total. The van der Waals surface area contributed by atoms with Gasteiger partial charge in [-0.2, -0.15) is 0 Å². The number of aryl methyl sites for hydroxylation is 2. The number of morpholine rings is 1. The molecule has 2 saturated heterocycles. The summed E-state index contributed by atoms with van der Waals surface area (Å²) in [5.74, 6) is -2.13. The summed E-state index contributed by atoms with van der Waals surface area (Å²) in [6, 6.07) is 8.11. The Hall–Kier alpha value is -4.28. The summed E-state index contributed by atoms with van der Waals surface area (Å²) in [5.41, 5.74) is 0.987. The van der Waals surface area contributed by atoms with Crippen molar-refractivity contribution in [2.45, 2.75) is 65.1 Å². The number of benzene rings is 2. The van der Waals surface area contributed by atoms with Crippen LogP contribution in [0, 0.1) is 25.5 Å². The first kappa shape index (κ1) is 43.8. The molecule has 0 bridgehead atoms. The molecule has 0 radical (unpaired) electrons. The number of nitrogens with zero attached hydrogens (tertiary/aromatic N) is 5. The second-order valence-corrected chi connectivity index (χ2v) is 15.0. The van der Waals surface area contributed by atoms with Gasteiger partial charge in [0.25, 0.3) is 5.56 Å². The van der Waals surface area contributed by atoms with E-state index < -0.39 is 28.7 Å². The van der Waals surface area contributed by atoms with Crippen LogP contribution < -0.4 is 26.9 Å². The van der Waals surface area contributed by atoms with Gasteiger partial charge in [0, 0.05) is 75.8 Å². The van der Waals surface area contributed by atoms with Crippen molar-refractivity contribution < 1.29 is 23.0 Å². The lowest BCUT2D eigenvalue weighted by molar-refractivity contribution is 0.0195. The monoisotopic (exact) mass is 833 g/mol. The van der Waals surface area contributed by atoms with Crippen molar-refractivity contribution in [3.8, 4) is 0 Å². The van der Waals surface area contributed by atoms with Gasteiger partial charge >= 0.3 is 11.7 Å². The molecule has 1 aliphatic carbocycles. The van der Waals surface area contributed by atoms with Crippen molar-refractivity contribution in [2.24, 2.45) is 0 Å². The maximum atomic E-state index is 16.5. The number of carbonyl (C=O) groups is 1. The molecule has 1 unspecified atom stereocenters. The van der Waals surface area contributed by atoms with Gasteiger partial charge in [0.15, 0.2) is 5.82 Å². The third kappa shape index (κ3) is 9.89. The van der Waals surface area contributed by atoms with Crippen LogP contribution >= 0.6 is 24.8 Å². The molecule has 7 rings (SSSR count). The van der Waals surface area contributed by atoms with Crippen molar-refractivity contribution in [2.75, 3.05) is 75.9 Å². The van der Waals surface area contributed by atoms with E-state index in [0.29, 0.717) is 64.6 Å². The highest BCUT2D eigenvalue weighted by Crippen LogP contribution is 2.40. The summed E-state index contributed by atoms with van der Waals surface area (Å²) in [7, 11) is 0. The standard InChI is InChI=1S/C40H49F2N7O6.2ClH/c1-25-6-7-28(20-26(25)2)43-33-22-34(50)48(40(53)44-33)11-5-4-10-46-12-13-47(23-27(46)3)37-32(41)21-30-36(35(37)42)49(29-8-9-29)24-31(38(30)51)39(52)55-19-16-45-14-17-54-18-15-45;;/h6-7,20-22,24,27,29,43H,4-5,8-19,23H2,1-3H3,(H,44,53);2*1H. The average Bonchev–Trinajstić information content (AvgIpc) is 4.00. The SMILES string of the molecule is Cc1ccc(Nc2cc(=O)n(CCCCN3CCN(c4c(F)cc5c(=O)c(C(=O)OCCN6CCOCC6)cn(C6CC6)c5c4F)CC3C)c(=O)[nH]2)cc1C.Cl.Cl. The van der Waals surface area contributed by atoms with E-state index in [-0.39, 0.29) is 77.8 Å². The second kappa shape index (κ2) is 19.0. The average molecular weight is 835 g/mol. The minimum absolute atomic E-state index is 0. The molecule has 0 spiro atoms. The highest BCUT2D eigenvalue weighted by atomic mass is 35.5. The lowest BCUT2D eigenvalue weighted by Crippen LogP contribution is -2.52. The molecule has 4 aromatic rings. The Morgan fingerprint density at radius 3 is 2.37 bits per heavy atom. The Bertz CT molecular complexity index is 2230. The number of aromatic nitrogens is 3. The maximum Gasteiger partial charge on any atom is 0.343 e. The number of piperazine rings is 1. The number of aromatic amines is 1. The second-order valence-electron chi connectivity index (χ2n) is 15.0. The van der Waals surface area contributed by atoms with Gasteiger partial charge in [0.1, 0.15) is 29.5 Å². The zero-order valence-electron chi connectivity index (χ0n) is 32.5. The molecule has 2 aliphatic heterocycles. The van der Waals surface area contributed by atoms with Crippen LogP contribution in [0.1, 0.15) is 60.1 Å². The fourth-order valence-electron chi connectivity index (χ4n) is 7.57. The summed E-state index contributed by atoms with van der Waals surface area (Å²) in [6.45, 7) is 11.5. The Kier molecular flexibility index (Phi) is 14.6. The number of carbonyl (C=O) groups excluding carboxylic acids is 1. The van der Waals surface area contributed by atoms with E-state index in [9.17, 15) is 19.2 Å². The van der Waals surface area contributed by atoms with Crippen molar-refractivity contribution in [1.29, 1.82) is 0 Å². The van der Waals surface area contributed by atoms with Gasteiger partial charge in [-0.25, -0.2) is 18.4 Å². The summed E-state index contributed by atoms with van der Waals surface area (Å²) in [6.07, 6.45) is 4.19. The molecular weight excluding hydrogens is 783 g/mol. The molecule has 4 heterocycles. The number of hydrogen-bond donors (Lipinski definition) is 2. The van der Waals surface area contributed by atoms with Crippen molar-refractivity contribution in [1.82, 2.24) is 23.9 Å². The number of esters is 1. The molecule has 3 aliphatic rings. The number of pyridine rings is 1. The van der Waals surface area contributed by atoms with Crippen molar-refractivity contribution in [3.05, 3.63) is 95.9 Å². The van der Waals surface area contributed by atoms with Crippen LogP contribution in [0.15, 0.2) is 50.9 Å². The van der Waals surface area contributed by atoms with E-state index in [4.69, 9.17) is 9.47 Å². The van der Waals surface area contributed by atoms with E-state index in [1.807, 2.05) is 39.0 Å². The van der Waals surface area contributed by atoms with Gasteiger partial charge in [-0.1, -0.05) is 6.07 Å². The number of fused-ring (bicyclic) bond motifs is 1. The molecule has 57 heavy (non-hydrogen) atoms. The van der Waals surface area contributed by atoms with Crippen LogP contribution in [0.2, 0.25) is 0 Å². The minimum atomic E-state index is -0.853. The number of anilines is 3. The van der Waals surface area contributed by atoms with E-state index in [2.05, 4.69) is 20.1 Å². The molecule has 0 amide bonds. The van der Waals surface area contributed by atoms with Gasteiger partial charge in [-0.05, 0) is 82.3 Å². The fraction of sp³-hybridized carbons (Fsp3) is 0.500. The van der Waals surface area contributed by atoms with Gasteiger partial charge in [0.2, 0.25) is 5.43 Å². The third-order valence-corrected chi connectivity index (χ3v) is 11.1. The molecule has 17 heteroatoms. The zero-order valence-corrected chi connectivity index (χ0v) is 34.1. The molecule has 2 aromatic carbocycles. The van der Waals surface area contributed by atoms with Gasteiger partial charge < -0.3 is 24.3 Å². The molecule has 13 nitrogen and oxygen atoms in total. The molecule has 310 valence electrons. The quantitative estimate of drug-likeness (QED) is 0.138. The fourth-order valence-corrected chi connectivity index (χ4v) is 7.57. The normalized spacial score (nSPS) is 17.6. The minimum Gasteiger partial charge on any atom is -0.461 e. The number of H-pyrrole nitrogens is 1. The summed E-state index contributed by atoms with van der Waals surface area (Å²) < 4.78 is 46.0. The van der Waals surface area contributed by atoms with Gasteiger partial charge in [0.05, 0.1) is 24.1 Å². The van der Waals surface area contributed by atoms with E-state index in [1.165, 1.54) is 16.8 Å². The third-order valence-electron chi connectivity index (χ3n) is 11.1. The first-order chi connectivity index (χ1) is 26.5. The number of nitrogens with one attached hydrogen (secondary N) is 2. The molecule has 1 atom stereocenters. The number of rotatable bonds is 13. The Morgan fingerprint density at radius 2 is 1.68 bits per heavy atom. The summed E-state index contributed by atoms with van der Waals surface area (Å²) in [5, 5.41) is 2.92. The number of ether oxygens (including phenoxy) is 2. The predicted molar refractivity (Wildman–Crippen MR) is 221 cm³/mol. The van der Waals surface area contributed by atoms with Gasteiger partial charge in [-0.3, -0.25) is 28.9 Å². The first-order valence-electron chi connectivity index (χ1n) is 19.2. The highest BCUT2D eigenvalue weighted by molar-refractivity contribution is 5.95. The lowest BCUT2D eigenvalue weighted by atomic mass is 10.1. The molecular formula is C40H51Cl2F2N7O6. The van der Waals surface area contributed by atoms with Crippen molar-refractivity contribution in [3.63, 3.8) is 0 Å². The Labute approximate surface area is 341 Å². The van der Waals surface area contributed by atoms with Crippen molar-refractivity contribution >= 4 is 58.9 Å². The van der Waals surface area contributed by atoms with E-state index >= 15 is 8.78 Å². The number of unbranched alkanes of at least 4 members (excludes halogenated alkanes) is 1. The van der Waals surface area contributed by atoms with Crippen LogP contribution in [0.5, 0.6) is 0 Å². The summed E-state index contributed by atoms with van der Waals surface area (Å²) >= 11 is 0. The Balaban J connectivity index is 0.00000310. The highest BCUT2D eigenvalue weighted by Gasteiger charge is 2.33. The predicted octanol–water partition coefficient (Wildman–Crippen LogP) is 5.15. The smallest absolute Gasteiger partial charge is 0.343 e. The van der Waals surface area contributed by atoms with Crippen LogP contribution in [0.25, 0.3) is 10.9 Å². The first-order valence-corrected chi connectivity index (χ1v) is 19.2. The topological polar surface area (TPSA) is 134 Å². The molecule has 1 saturated carbocycles. The van der Waals surface area contributed by atoms with E-state index in [1.54, 1.807) is 9.47 Å². The molecule has 3 fully saturated rings. The van der Waals surface area contributed by atoms with Crippen LogP contribution in [0.3, 0.4) is 0 Å². The Morgan fingerprint density at radius 1 is 0.947 bits per heavy atom. The van der Waals surface area contributed by atoms with Crippen LogP contribution in [-0.2, 0) is 16.0 Å². The summed E-state index contributed by atoms with van der Waals surface area (Å²) in [4.78, 5) is 61.0. The zero-order chi connectivity index (χ0) is 38.8. The van der Waals surface area contributed by atoms with E-state index in [0.717, 1.165) is 48.8 Å². The maximum absolute atomic E-state index is 16.5. The van der Waals surface area contributed by atoms with Crippen LogP contribution in [0.4, 0.5) is 26.0 Å². The van der Waals surface area contributed by atoms with Gasteiger partial charge in [-0.15, -0.1) is 24.8 Å². The number of hydrogen-bond acceptors (Lipinski definition) is 10. The number of halogens is 4.